The third-order valence-corrected chi connectivity index (χ3v) is 4.02. The lowest BCUT2D eigenvalue weighted by atomic mass is 10.1. The lowest BCUT2D eigenvalue weighted by Crippen LogP contribution is -2.34. The van der Waals surface area contributed by atoms with Gasteiger partial charge in [-0.2, -0.15) is 0 Å². The number of hydrogen-bond donors (Lipinski definition) is 1. The third kappa shape index (κ3) is 7.88. The van der Waals surface area contributed by atoms with E-state index >= 15 is 0 Å². The molecule has 0 saturated carbocycles. The predicted octanol–water partition coefficient (Wildman–Crippen LogP) is 4.00. The number of rotatable bonds is 12. The summed E-state index contributed by atoms with van der Waals surface area (Å²) in [6.45, 7) is 6.79. The Morgan fingerprint density at radius 2 is 1.65 bits per heavy atom. The molecule has 0 aromatic rings. The second kappa shape index (κ2) is 11.1. The molecular weight excluding hydrogens is 248 g/mol. The van der Waals surface area contributed by atoms with Gasteiger partial charge in [-0.05, 0) is 13.3 Å². The fourth-order valence-corrected chi connectivity index (χ4v) is 2.88. The van der Waals surface area contributed by atoms with Gasteiger partial charge in [0.1, 0.15) is 0 Å². The van der Waals surface area contributed by atoms with Crippen molar-refractivity contribution in [3.63, 3.8) is 0 Å². The molecular formula is C17H34N2O. The SMILES string of the molecule is CCCCCCCCCCCC1=NCCN1CC(C)O. The maximum Gasteiger partial charge on any atom is 0.0991 e. The van der Waals surface area contributed by atoms with Crippen LogP contribution in [-0.2, 0) is 0 Å². The molecule has 1 N–H and O–H groups in total. The molecule has 0 aliphatic carbocycles. The minimum atomic E-state index is -0.249. The highest BCUT2D eigenvalue weighted by atomic mass is 16.3. The van der Waals surface area contributed by atoms with Crippen molar-refractivity contribution in [1.29, 1.82) is 0 Å². The standard InChI is InChI=1S/C17H34N2O/c1-3-4-5-6-7-8-9-10-11-12-17-18-13-14-19(17)15-16(2)20/h16,20H,3-15H2,1-2H3. The molecule has 0 aromatic carbocycles. The number of aliphatic hydroxyl groups is 1. The van der Waals surface area contributed by atoms with Crippen molar-refractivity contribution in [3.8, 4) is 0 Å². The van der Waals surface area contributed by atoms with Crippen molar-refractivity contribution in [2.45, 2.75) is 84.2 Å². The van der Waals surface area contributed by atoms with E-state index in [1.807, 2.05) is 6.92 Å². The monoisotopic (exact) mass is 282 g/mol. The number of amidine groups is 1. The van der Waals surface area contributed by atoms with Crippen LogP contribution in [0.3, 0.4) is 0 Å². The van der Waals surface area contributed by atoms with Crippen LogP contribution in [0.5, 0.6) is 0 Å². The van der Waals surface area contributed by atoms with Gasteiger partial charge in [0, 0.05) is 19.5 Å². The number of nitrogens with zero attached hydrogens (tertiary/aromatic N) is 2. The zero-order chi connectivity index (χ0) is 14.6. The largest absolute Gasteiger partial charge is 0.392 e. The molecule has 118 valence electrons. The van der Waals surface area contributed by atoms with E-state index in [4.69, 9.17) is 0 Å². The molecule has 1 atom stereocenters. The average molecular weight is 282 g/mol. The molecule has 0 spiro atoms. The first-order valence-electron chi connectivity index (χ1n) is 8.70. The molecule has 3 nitrogen and oxygen atoms in total. The molecule has 1 heterocycles. The summed E-state index contributed by atoms with van der Waals surface area (Å²) in [5, 5.41) is 9.46. The molecule has 1 unspecified atom stereocenters. The zero-order valence-electron chi connectivity index (χ0n) is 13.6. The number of unbranched alkanes of at least 4 members (excludes halogenated alkanes) is 8. The molecule has 0 amide bonds. The first-order valence-corrected chi connectivity index (χ1v) is 8.70. The van der Waals surface area contributed by atoms with Crippen LogP contribution < -0.4 is 0 Å². The highest BCUT2D eigenvalue weighted by Crippen LogP contribution is 2.13. The fraction of sp³-hybridized carbons (Fsp3) is 0.941. The molecule has 1 aliphatic heterocycles. The predicted molar refractivity (Wildman–Crippen MR) is 87.4 cm³/mol. The van der Waals surface area contributed by atoms with Gasteiger partial charge in [-0.15, -0.1) is 0 Å². The second-order valence-electron chi connectivity index (χ2n) is 6.17. The minimum absolute atomic E-state index is 0.249. The summed E-state index contributed by atoms with van der Waals surface area (Å²) in [7, 11) is 0. The van der Waals surface area contributed by atoms with Gasteiger partial charge in [0.05, 0.1) is 18.5 Å². The quantitative estimate of drug-likeness (QED) is 0.549. The number of aliphatic imine (C=N–C) groups is 1. The highest BCUT2D eigenvalue weighted by Gasteiger charge is 2.17. The molecule has 1 rings (SSSR count). The lowest BCUT2D eigenvalue weighted by Gasteiger charge is -2.21. The summed E-state index contributed by atoms with van der Waals surface area (Å²) in [4.78, 5) is 6.83. The van der Waals surface area contributed by atoms with Crippen LogP contribution in [-0.4, -0.2) is 41.6 Å². The van der Waals surface area contributed by atoms with Gasteiger partial charge >= 0.3 is 0 Å². The normalized spacial score (nSPS) is 16.6. The van der Waals surface area contributed by atoms with Gasteiger partial charge in [-0.25, -0.2) is 0 Å². The summed E-state index contributed by atoms with van der Waals surface area (Å²) < 4.78 is 0. The van der Waals surface area contributed by atoms with E-state index in [0.29, 0.717) is 0 Å². The molecule has 0 bridgehead atoms. The van der Waals surface area contributed by atoms with Gasteiger partial charge in [0.25, 0.3) is 0 Å². The Kier molecular flexibility index (Phi) is 9.73. The van der Waals surface area contributed by atoms with Gasteiger partial charge in [0.2, 0.25) is 0 Å². The van der Waals surface area contributed by atoms with Crippen LogP contribution in [0.4, 0.5) is 0 Å². The Morgan fingerprint density at radius 3 is 2.25 bits per heavy atom. The van der Waals surface area contributed by atoms with Crippen LogP contribution in [0.1, 0.15) is 78.1 Å². The Balaban J connectivity index is 1.95. The summed E-state index contributed by atoms with van der Waals surface area (Å²) >= 11 is 0. The van der Waals surface area contributed by atoms with Crippen LogP contribution in [0, 0.1) is 0 Å². The molecule has 3 heteroatoms. The number of hydrogen-bond acceptors (Lipinski definition) is 3. The van der Waals surface area contributed by atoms with Gasteiger partial charge in [-0.1, -0.05) is 58.3 Å². The van der Waals surface area contributed by atoms with E-state index in [-0.39, 0.29) is 6.10 Å². The Hall–Kier alpha value is -0.570. The van der Waals surface area contributed by atoms with Crippen LogP contribution in [0.15, 0.2) is 4.99 Å². The maximum absolute atomic E-state index is 9.46. The van der Waals surface area contributed by atoms with E-state index in [1.165, 1.54) is 63.6 Å². The van der Waals surface area contributed by atoms with Crippen LogP contribution in [0.25, 0.3) is 0 Å². The third-order valence-electron chi connectivity index (χ3n) is 4.02. The van der Waals surface area contributed by atoms with Gasteiger partial charge < -0.3 is 10.0 Å². The smallest absolute Gasteiger partial charge is 0.0991 e. The highest BCUT2D eigenvalue weighted by molar-refractivity contribution is 5.83. The second-order valence-corrected chi connectivity index (χ2v) is 6.17. The molecule has 20 heavy (non-hydrogen) atoms. The van der Waals surface area contributed by atoms with Crippen LogP contribution in [0.2, 0.25) is 0 Å². The molecule has 0 radical (unpaired) electrons. The first kappa shape index (κ1) is 17.5. The van der Waals surface area contributed by atoms with Crippen LogP contribution >= 0.6 is 0 Å². The van der Waals surface area contributed by atoms with Crippen molar-refractivity contribution < 1.29 is 5.11 Å². The Morgan fingerprint density at radius 1 is 1.05 bits per heavy atom. The van der Waals surface area contributed by atoms with Crippen molar-refractivity contribution in [3.05, 3.63) is 0 Å². The fourth-order valence-electron chi connectivity index (χ4n) is 2.88. The summed E-state index contributed by atoms with van der Waals surface area (Å²) in [5.74, 6) is 1.23. The topological polar surface area (TPSA) is 35.8 Å². The van der Waals surface area contributed by atoms with E-state index < -0.39 is 0 Å². The summed E-state index contributed by atoms with van der Waals surface area (Å²) in [6, 6.07) is 0. The van der Waals surface area contributed by atoms with Gasteiger partial charge in [0.15, 0.2) is 0 Å². The Bertz CT molecular complexity index is 264. The van der Waals surface area contributed by atoms with E-state index in [0.717, 1.165) is 26.1 Å². The van der Waals surface area contributed by atoms with Crippen molar-refractivity contribution in [2.75, 3.05) is 19.6 Å². The van der Waals surface area contributed by atoms with Crippen molar-refractivity contribution in [2.24, 2.45) is 4.99 Å². The Labute approximate surface area is 125 Å². The molecule has 1 aliphatic rings. The van der Waals surface area contributed by atoms with E-state index in [9.17, 15) is 5.11 Å². The van der Waals surface area contributed by atoms with Crippen molar-refractivity contribution >= 4 is 5.84 Å². The minimum Gasteiger partial charge on any atom is -0.392 e. The summed E-state index contributed by atoms with van der Waals surface area (Å²) in [6.07, 6.45) is 13.2. The lowest BCUT2D eigenvalue weighted by molar-refractivity contribution is 0.162. The number of aliphatic hydroxyl groups excluding tert-OH is 1. The van der Waals surface area contributed by atoms with Gasteiger partial charge in [-0.3, -0.25) is 4.99 Å². The first-order chi connectivity index (χ1) is 9.74. The average Bonchev–Trinajstić information content (AvgIpc) is 2.83. The molecule has 0 saturated heterocycles. The molecule has 0 fully saturated rings. The zero-order valence-corrected chi connectivity index (χ0v) is 13.6. The maximum atomic E-state index is 9.46. The van der Waals surface area contributed by atoms with E-state index in [1.54, 1.807) is 0 Å². The van der Waals surface area contributed by atoms with Crippen molar-refractivity contribution in [1.82, 2.24) is 4.90 Å². The van der Waals surface area contributed by atoms with E-state index in [2.05, 4.69) is 16.8 Å². The molecule has 0 aromatic heterocycles. The number of β-amino-alcohol motifs (C(OH)–C–C–N with tert-alkyl or cyclic N) is 1. The summed E-state index contributed by atoms with van der Waals surface area (Å²) in [5.41, 5.74) is 0.